The monoisotopic (exact) mass is 385 g/mol. The van der Waals surface area contributed by atoms with Crippen molar-refractivity contribution in [3.05, 3.63) is 61.3 Å². The topological polar surface area (TPSA) is 53.5 Å². The number of hydrogen-bond acceptors (Lipinski definition) is 4. The molecule has 0 bridgehead atoms. The van der Waals surface area contributed by atoms with Gasteiger partial charge in [0.05, 0.1) is 22.3 Å². The van der Waals surface area contributed by atoms with E-state index in [9.17, 15) is 8.42 Å². The normalized spacial score (nSPS) is 16.3. The molecule has 5 nitrogen and oxygen atoms in total. The molecule has 6 heteroatoms. The van der Waals surface area contributed by atoms with E-state index in [-0.39, 0.29) is 10.5 Å². The summed E-state index contributed by atoms with van der Waals surface area (Å²) in [5.41, 5.74) is 0.129. The average molecular weight is 386 g/mol. The van der Waals surface area contributed by atoms with Gasteiger partial charge in [-0.05, 0) is 63.5 Å². The molecule has 2 aromatic rings. The number of hydrogen-bond donors (Lipinski definition) is 0. The molecule has 0 saturated carbocycles. The van der Waals surface area contributed by atoms with Crippen molar-refractivity contribution >= 4 is 15.7 Å². The van der Waals surface area contributed by atoms with E-state index in [1.165, 1.54) is 10.7 Å². The summed E-state index contributed by atoms with van der Waals surface area (Å²) in [7, 11) is -3.85. The molecule has 144 valence electrons. The fourth-order valence-corrected chi connectivity index (χ4v) is 5.74. The van der Waals surface area contributed by atoms with Crippen LogP contribution in [-0.2, 0) is 10.0 Å². The van der Waals surface area contributed by atoms with E-state index in [2.05, 4.69) is 9.88 Å². The van der Waals surface area contributed by atoms with Crippen molar-refractivity contribution in [2.75, 3.05) is 23.9 Å². The summed E-state index contributed by atoms with van der Waals surface area (Å²) < 4.78 is 28.8. The van der Waals surface area contributed by atoms with Gasteiger partial charge in [0.25, 0.3) is 10.0 Å². The minimum absolute atomic E-state index is 0.126. The van der Waals surface area contributed by atoms with Crippen LogP contribution in [0, 0.1) is 6.92 Å². The Morgan fingerprint density at radius 3 is 2.44 bits per heavy atom. The predicted octanol–water partition coefficient (Wildman–Crippen LogP) is 3.60. The molecule has 1 aromatic heterocycles. The van der Waals surface area contributed by atoms with Gasteiger partial charge in [0.2, 0.25) is 0 Å². The SMILES string of the molecule is [CH]c1ccccc1S(=O)(=O)N(c1cccnc1)C(C)(C)CN1CCCCC1. The Morgan fingerprint density at radius 1 is 1.11 bits per heavy atom. The summed E-state index contributed by atoms with van der Waals surface area (Å²) in [4.78, 5) is 6.61. The zero-order valence-corrected chi connectivity index (χ0v) is 16.8. The highest BCUT2D eigenvalue weighted by molar-refractivity contribution is 7.93. The number of rotatable bonds is 6. The van der Waals surface area contributed by atoms with Crippen LogP contribution >= 0.6 is 0 Å². The van der Waals surface area contributed by atoms with Gasteiger partial charge < -0.3 is 4.90 Å². The molecule has 0 atom stereocenters. The average Bonchev–Trinajstić information content (AvgIpc) is 2.63. The zero-order chi connectivity index (χ0) is 19.5. The van der Waals surface area contributed by atoms with Crippen molar-refractivity contribution in [1.29, 1.82) is 0 Å². The van der Waals surface area contributed by atoms with Gasteiger partial charge in [-0.15, -0.1) is 0 Å². The lowest BCUT2D eigenvalue weighted by atomic mass is 10.0. The van der Waals surface area contributed by atoms with Crippen LogP contribution in [0.25, 0.3) is 0 Å². The van der Waals surface area contributed by atoms with E-state index in [0.29, 0.717) is 12.2 Å². The van der Waals surface area contributed by atoms with Crippen LogP contribution in [0.3, 0.4) is 0 Å². The third-order valence-electron chi connectivity index (χ3n) is 4.93. The molecule has 2 heterocycles. The molecule has 1 aliphatic rings. The fraction of sp³-hybridized carbons (Fsp3) is 0.429. The largest absolute Gasteiger partial charge is 0.301 e. The van der Waals surface area contributed by atoms with Gasteiger partial charge in [-0.2, -0.15) is 0 Å². The number of aromatic nitrogens is 1. The molecule has 1 fully saturated rings. The summed E-state index contributed by atoms with van der Waals surface area (Å²) >= 11 is 0. The summed E-state index contributed by atoms with van der Waals surface area (Å²) in [6, 6.07) is 10.1. The lowest BCUT2D eigenvalue weighted by molar-refractivity contribution is 0.193. The number of piperidine rings is 1. The van der Waals surface area contributed by atoms with Crippen LogP contribution in [0.1, 0.15) is 38.7 Å². The van der Waals surface area contributed by atoms with Crippen molar-refractivity contribution in [3.8, 4) is 0 Å². The lowest BCUT2D eigenvalue weighted by Gasteiger charge is -2.43. The van der Waals surface area contributed by atoms with Crippen LogP contribution in [0.4, 0.5) is 5.69 Å². The minimum atomic E-state index is -3.85. The Labute approximate surface area is 163 Å². The van der Waals surface area contributed by atoms with Crippen LogP contribution in [0.15, 0.2) is 53.7 Å². The van der Waals surface area contributed by atoms with E-state index in [1.807, 2.05) is 13.8 Å². The number of pyridine rings is 1. The molecule has 0 unspecified atom stereocenters. The Hall–Kier alpha value is -1.92. The van der Waals surface area contributed by atoms with Crippen molar-refractivity contribution in [3.63, 3.8) is 0 Å². The van der Waals surface area contributed by atoms with Crippen molar-refractivity contribution in [2.45, 2.75) is 43.5 Å². The van der Waals surface area contributed by atoms with E-state index in [0.717, 1.165) is 25.9 Å². The van der Waals surface area contributed by atoms with Gasteiger partial charge in [0.15, 0.2) is 0 Å². The first-order valence-corrected chi connectivity index (χ1v) is 10.8. The van der Waals surface area contributed by atoms with E-state index in [1.54, 1.807) is 48.8 Å². The fourth-order valence-electron chi connectivity index (χ4n) is 3.83. The van der Waals surface area contributed by atoms with Crippen LogP contribution in [0.2, 0.25) is 0 Å². The van der Waals surface area contributed by atoms with Crippen molar-refractivity contribution in [1.82, 2.24) is 9.88 Å². The van der Waals surface area contributed by atoms with Crippen LogP contribution in [-0.4, -0.2) is 43.5 Å². The molecule has 1 saturated heterocycles. The maximum Gasteiger partial charge on any atom is 0.265 e. The van der Waals surface area contributed by atoms with Gasteiger partial charge in [-0.1, -0.05) is 24.6 Å². The van der Waals surface area contributed by atoms with Crippen LogP contribution < -0.4 is 4.31 Å². The second-order valence-corrected chi connectivity index (χ2v) is 9.42. The summed E-state index contributed by atoms with van der Waals surface area (Å²) in [5, 5.41) is 0. The molecule has 0 N–H and O–H groups in total. The first kappa shape index (κ1) is 19.8. The highest BCUT2D eigenvalue weighted by Crippen LogP contribution is 2.33. The van der Waals surface area contributed by atoms with E-state index >= 15 is 0 Å². The molecule has 3 rings (SSSR count). The molecular formula is C21H27N3O2S. The maximum atomic E-state index is 13.6. The molecule has 27 heavy (non-hydrogen) atoms. The van der Waals surface area contributed by atoms with Gasteiger partial charge in [-0.3, -0.25) is 9.29 Å². The Kier molecular flexibility index (Phi) is 5.86. The number of sulfonamides is 1. The number of benzene rings is 1. The van der Waals surface area contributed by atoms with Crippen LogP contribution in [0.5, 0.6) is 0 Å². The quantitative estimate of drug-likeness (QED) is 0.762. The molecule has 1 aliphatic heterocycles. The number of anilines is 1. The van der Waals surface area contributed by atoms with E-state index in [4.69, 9.17) is 6.92 Å². The summed E-state index contributed by atoms with van der Waals surface area (Å²) in [6.45, 7) is 12.6. The second kappa shape index (κ2) is 7.98. The number of likely N-dealkylation sites (tertiary alicyclic amines) is 1. The highest BCUT2D eigenvalue weighted by Gasteiger charge is 2.39. The predicted molar refractivity (Wildman–Crippen MR) is 108 cm³/mol. The molecule has 1 aromatic carbocycles. The molecule has 2 radical (unpaired) electrons. The minimum Gasteiger partial charge on any atom is -0.301 e. The molecule has 0 amide bonds. The second-order valence-electron chi connectivity index (χ2n) is 7.67. The Bertz CT molecular complexity index is 860. The molecule has 0 spiro atoms. The lowest BCUT2D eigenvalue weighted by Crippen LogP contribution is -2.55. The highest BCUT2D eigenvalue weighted by atomic mass is 32.2. The maximum absolute atomic E-state index is 13.6. The zero-order valence-electron chi connectivity index (χ0n) is 16.0. The Balaban J connectivity index is 2.05. The van der Waals surface area contributed by atoms with Crippen molar-refractivity contribution < 1.29 is 8.42 Å². The van der Waals surface area contributed by atoms with Gasteiger partial charge in [0, 0.05) is 19.7 Å². The number of nitrogens with zero attached hydrogens (tertiary/aromatic N) is 3. The summed E-state index contributed by atoms with van der Waals surface area (Å²) in [6.07, 6.45) is 6.78. The first-order chi connectivity index (χ1) is 12.8. The third-order valence-corrected chi connectivity index (χ3v) is 7.04. The summed E-state index contributed by atoms with van der Waals surface area (Å²) in [5.74, 6) is 0. The first-order valence-electron chi connectivity index (χ1n) is 9.35. The standard InChI is InChI=1S/C21H27N3O2S/c1-18-10-5-6-12-20(18)27(25,26)24(19-11-9-13-22-16-19)21(2,3)17-23-14-7-4-8-15-23/h1,5-6,9-13,16H,4,7-8,14-15,17H2,2-3H3. The molecule has 0 aliphatic carbocycles. The third kappa shape index (κ3) is 4.33. The van der Waals surface area contributed by atoms with Gasteiger partial charge in [-0.25, -0.2) is 8.42 Å². The van der Waals surface area contributed by atoms with Gasteiger partial charge in [0.1, 0.15) is 0 Å². The Morgan fingerprint density at radius 2 is 1.81 bits per heavy atom. The van der Waals surface area contributed by atoms with Gasteiger partial charge >= 0.3 is 0 Å². The molecular weight excluding hydrogens is 358 g/mol. The van der Waals surface area contributed by atoms with Crippen molar-refractivity contribution in [2.24, 2.45) is 0 Å². The van der Waals surface area contributed by atoms with E-state index < -0.39 is 15.6 Å². The smallest absolute Gasteiger partial charge is 0.265 e.